The van der Waals surface area contributed by atoms with Crippen molar-refractivity contribution in [2.75, 3.05) is 13.2 Å². The standard InChI is InChI=1S/C16H17FN2O4/c1-3-22-15(20)13(16(21)23-4-2)11-7-5-8-12(17)14(11)19-10-6-9-18-19/h5-10,13H,3-4H2,1-2H3. The zero-order valence-corrected chi connectivity index (χ0v) is 12.9. The van der Waals surface area contributed by atoms with Gasteiger partial charge in [-0.2, -0.15) is 5.10 Å². The van der Waals surface area contributed by atoms with Gasteiger partial charge in [-0.25, -0.2) is 9.07 Å². The third-order valence-electron chi connectivity index (χ3n) is 3.11. The number of para-hydroxylation sites is 1. The summed E-state index contributed by atoms with van der Waals surface area (Å²) in [5.41, 5.74) is 0.161. The van der Waals surface area contributed by atoms with Crippen molar-refractivity contribution in [3.05, 3.63) is 48.0 Å². The number of carbonyl (C=O) groups excluding carboxylic acids is 2. The van der Waals surface area contributed by atoms with Crippen LogP contribution in [-0.4, -0.2) is 34.9 Å². The average Bonchev–Trinajstić information content (AvgIpc) is 3.02. The summed E-state index contributed by atoms with van der Waals surface area (Å²) in [4.78, 5) is 24.4. The molecule has 1 heterocycles. The highest BCUT2D eigenvalue weighted by molar-refractivity contribution is 6.01. The van der Waals surface area contributed by atoms with E-state index in [4.69, 9.17) is 9.47 Å². The van der Waals surface area contributed by atoms with E-state index in [2.05, 4.69) is 5.10 Å². The molecule has 0 amide bonds. The fraction of sp³-hybridized carbons (Fsp3) is 0.312. The Morgan fingerprint density at radius 1 is 1.17 bits per heavy atom. The van der Waals surface area contributed by atoms with Crippen LogP contribution in [0, 0.1) is 5.82 Å². The number of carbonyl (C=O) groups is 2. The number of aromatic nitrogens is 2. The van der Waals surface area contributed by atoms with E-state index in [0.29, 0.717) is 0 Å². The van der Waals surface area contributed by atoms with Crippen LogP contribution in [0.1, 0.15) is 25.3 Å². The monoisotopic (exact) mass is 320 g/mol. The molecule has 0 aliphatic rings. The van der Waals surface area contributed by atoms with Crippen LogP contribution in [-0.2, 0) is 19.1 Å². The number of halogens is 1. The lowest BCUT2D eigenvalue weighted by Gasteiger charge is -2.18. The molecule has 0 atom stereocenters. The molecule has 1 aromatic carbocycles. The predicted molar refractivity (Wildman–Crippen MR) is 79.5 cm³/mol. The van der Waals surface area contributed by atoms with Crippen molar-refractivity contribution < 1.29 is 23.5 Å². The minimum absolute atomic E-state index is 0.0172. The summed E-state index contributed by atoms with van der Waals surface area (Å²) >= 11 is 0. The maximum atomic E-state index is 14.3. The highest BCUT2D eigenvalue weighted by Crippen LogP contribution is 2.28. The first-order valence-corrected chi connectivity index (χ1v) is 7.21. The second kappa shape index (κ2) is 7.53. The molecule has 0 spiro atoms. The summed E-state index contributed by atoms with van der Waals surface area (Å²) in [7, 11) is 0. The molecular formula is C16H17FN2O4. The number of hydrogen-bond acceptors (Lipinski definition) is 5. The Bertz CT molecular complexity index is 667. The molecule has 0 bridgehead atoms. The first kappa shape index (κ1) is 16.7. The third kappa shape index (κ3) is 3.56. The lowest BCUT2D eigenvalue weighted by molar-refractivity contribution is -0.156. The minimum Gasteiger partial charge on any atom is -0.465 e. The van der Waals surface area contributed by atoms with Gasteiger partial charge in [-0.3, -0.25) is 9.59 Å². The zero-order valence-electron chi connectivity index (χ0n) is 12.9. The molecule has 2 rings (SSSR count). The molecule has 7 heteroatoms. The molecule has 0 saturated heterocycles. The van der Waals surface area contributed by atoms with E-state index in [9.17, 15) is 14.0 Å². The summed E-state index contributed by atoms with van der Waals surface area (Å²) in [6, 6.07) is 5.75. The van der Waals surface area contributed by atoms with Crippen molar-refractivity contribution in [2.24, 2.45) is 0 Å². The van der Waals surface area contributed by atoms with Gasteiger partial charge in [0.15, 0.2) is 5.92 Å². The van der Waals surface area contributed by atoms with Crippen LogP contribution in [0.4, 0.5) is 4.39 Å². The molecule has 0 aliphatic carbocycles. The molecular weight excluding hydrogens is 303 g/mol. The molecule has 0 aliphatic heterocycles. The summed E-state index contributed by atoms with van der Waals surface area (Å²) in [5, 5.41) is 3.97. The third-order valence-corrected chi connectivity index (χ3v) is 3.11. The molecule has 0 unspecified atom stereocenters. The zero-order chi connectivity index (χ0) is 16.8. The van der Waals surface area contributed by atoms with Crippen LogP contribution in [0.15, 0.2) is 36.7 Å². The van der Waals surface area contributed by atoms with E-state index in [-0.39, 0.29) is 24.5 Å². The Balaban J connectivity index is 2.57. The number of benzene rings is 1. The van der Waals surface area contributed by atoms with E-state index in [1.807, 2.05) is 0 Å². The molecule has 0 N–H and O–H groups in total. The summed E-state index contributed by atoms with van der Waals surface area (Å²) in [6.45, 7) is 3.45. The number of hydrogen-bond donors (Lipinski definition) is 0. The van der Waals surface area contributed by atoms with Crippen molar-refractivity contribution in [3.63, 3.8) is 0 Å². The van der Waals surface area contributed by atoms with Gasteiger partial charge in [0.2, 0.25) is 0 Å². The molecule has 6 nitrogen and oxygen atoms in total. The van der Waals surface area contributed by atoms with Crippen LogP contribution in [0.5, 0.6) is 0 Å². The largest absolute Gasteiger partial charge is 0.465 e. The Hall–Kier alpha value is -2.70. The molecule has 0 fully saturated rings. The normalized spacial score (nSPS) is 10.6. The number of ether oxygens (including phenoxy) is 2. The van der Waals surface area contributed by atoms with Gasteiger partial charge in [-0.1, -0.05) is 12.1 Å². The van der Waals surface area contributed by atoms with Crippen molar-refractivity contribution in [2.45, 2.75) is 19.8 Å². The molecule has 2 aromatic rings. The lowest BCUT2D eigenvalue weighted by Crippen LogP contribution is -2.27. The van der Waals surface area contributed by atoms with E-state index in [1.165, 1.54) is 35.3 Å². The first-order chi connectivity index (χ1) is 11.1. The van der Waals surface area contributed by atoms with Crippen molar-refractivity contribution >= 4 is 11.9 Å². The smallest absolute Gasteiger partial charge is 0.324 e. The summed E-state index contributed by atoms with van der Waals surface area (Å²) < 4.78 is 25.5. The average molecular weight is 320 g/mol. The predicted octanol–water partition coefficient (Wildman–Crippen LogP) is 2.22. The van der Waals surface area contributed by atoms with E-state index in [1.54, 1.807) is 19.9 Å². The van der Waals surface area contributed by atoms with Gasteiger partial charge in [-0.15, -0.1) is 0 Å². The van der Waals surface area contributed by atoms with E-state index in [0.717, 1.165) is 0 Å². The van der Waals surface area contributed by atoms with Crippen molar-refractivity contribution in [1.82, 2.24) is 9.78 Å². The van der Waals surface area contributed by atoms with Gasteiger partial charge in [0.25, 0.3) is 0 Å². The van der Waals surface area contributed by atoms with Gasteiger partial charge in [0.1, 0.15) is 11.5 Å². The SMILES string of the molecule is CCOC(=O)C(C(=O)OCC)c1cccc(F)c1-n1cccn1. The van der Waals surface area contributed by atoms with Crippen LogP contribution in [0.3, 0.4) is 0 Å². The lowest BCUT2D eigenvalue weighted by atomic mass is 9.97. The van der Waals surface area contributed by atoms with Crippen molar-refractivity contribution in [1.29, 1.82) is 0 Å². The number of nitrogens with zero attached hydrogens (tertiary/aromatic N) is 2. The Kier molecular flexibility index (Phi) is 5.46. The maximum Gasteiger partial charge on any atom is 0.324 e. The van der Waals surface area contributed by atoms with Gasteiger partial charge >= 0.3 is 11.9 Å². The second-order valence-electron chi connectivity index (χ2n) is 4.57. The number of rotatable bonds is 6. The number of esters is 2. The molecule has 122 valence electrons. The van der Waals surface area contributed by atoms with E-state index < -0.39 is 23.7 Å². The summed E-state index contributed by atoms with van der Waals surface area (Å²) in [6.07, 6.45) is 3.00. The highest BCUT2D eigenvalue weighted by atomic mass is 19.1. The molecule has 0 saturated carbocycles. The first-order valence-electron chi connectivity index (χ1n) is 7.21. The maximum absolute atomic E-state index is 14.3. The van der Waals surface area contributed by atoms with Crippen LogP contribution in [0.2, 0.25) is 0 Å². The Morgan fingerprint density at radius 2 is 1.83 bits per heavy atom. The fourth-order valence-electron chi connectivity index (χ4n) is 2.21. The van der Waals surface area contributed by atoms with Gasteiger partial charge < -0.3 is 9.47 Å². The van der Waals surface area contributed by atoms with Crippen LogP contribution in [0.25, 0.3) is 5.69 Å². The van der Waals surface area contributed by atoms with Gasteiger partial charge in [-0.05, 0) is 26.0 Å². The van der Waals surface area contributed by atoms with Crippen molar-refractivity contribution in [3.8, 4) is 5.69 Å². The fourth-order valence-corrected chi connectivity index (χ4v) is 2.21. The summed E-state index contributed by atoms with van der Waals surface area (Å²) in [5.74, 6) is -3.55. The Labute approximate surface area is 132 Å². The van der Waals surface area contributed by atoms with Crippen LogP contribution >= 0.6 is 0 Å². The minimum atomic E-state index is -1.37. The van der Waals surface area contributed by atoms with E-state index >= 15 is 0 Å². The highest BCUT2D eigenvalue weighted by Gasteiger charge is 2.34. The van der Waals surface area contributed by atoms with Gasteiger partial charge in [0.05, 0.1) is 13.2 Å². The second-order valence-corrected chi connectivity index (χ2v) is 4.57. The Morgan fingerprint density at radius 3 is 2.35 bits per heavy atom. The molecule has 1 aromatic heterocycles. The molecule has 0 radical (unpaired) electrons. The quantitative estimate of drug-likeness (QED) is 0.603. The molecule has 23 heavy (non-hydrogen) atoms. The topological polar surface area (TPSA) is 70.4 Å². The van der Waals surface area contributed by atoms with Crippen LogP contribution < -0.4 is 0 Å². The van der Waals surface area contributed by atoms with Gasteiger partial charge in [0, 0.05) is 18.0 Å².